The molecule has 0 bridgehead atoms. The number of hydrogen-bond donors (Lipinski definition) is 2. The Bertz CT molecular complexity index is 857. The number of benzene rings is 1. The number of carbonyl (C=O) groups excluding carboxylic acids is 2. The Morgan fingerprint density at radius 2 is 1.92 bits per heavy atom. The van der Waals surface area contributed by atoms with Gasteiger partial charge in [-0.05, 0) is 43.4 Å². The molecule has 1 saturated carbocycles. The van der Waals surface area contributed by atoms with Crippen molar-refractivity contribution in [3.63, 3.8) is 0 Å². The number of amides is 2. The van der Waals surface area contributed by atoms with E-state index in [0.29, 0.717) is 22.2 Å². The molecule has 1 aromatic heterocycles. The first-order valence-electron chi connectivity index (χ1n) is 9.26. The van der Waals surface area contributed by atoms with E-state index in [1.807, 2.05) is 13.0 Å². The van der Waals surface area contributed by atoms with Gasteiger partial charge < -0.3 is 5.73 Å². The average molecular weight is 354 g/mol. The fourth-order valence-electron chi connectivity index (χ4n) is 4.09. The maximum atomic E-state index is 12.5. The van der Waals surface area contributed by atoms with Crippen molar-refractivity contribution in [1.82, 2.24) is 4.98 Å². The van der Waals surface area contributed by atoms with Crippen LogP contribution in [0, 0.1) is 6.92 Å². The third-order valence-electron chi connectivity index (χ3n) is 5.31. The first kappa shape index (κ1) is 18.3. The zero-order valence-electron chi connectivity index (χ0n) is 15.4. The summed E-state index contributed by atoms with van der Waals surface area (Å²) in [4.78, 5) is 29.4. The molecule has 1 fully saturated rings. The van der Waals surface area contributed by atoms with Crippen LogP contribution in [0.4, 0.5) is 5.69 Å². The highest BCUT2D eigenvalue weighted by Gasteiger charge is 2.27. The molecular weight excluding hydrogens is 328 g/mol. The predicted octanol–water partition coefficient (Wildman–Crippen LogP) is 3.31. The first-order valence-corrected chi connectivity index (χ1v) is 9.26. The van der Waals surface area contributed by atoms with E-state index in [9.17, 15) is 9.59 Å². The number of primary amides is 1. The minimum atomic E-state index is -0.495. The molecule has 0 spiro atoms. The third kappa shape index (κ3) is 3.17. The van der Waals surface area contributed by atoms with Crippen molar-refractivity contribution in [1.29, 1.82) is 0 Å². The highest BCUT2D eigenvalue weighted by Crippen LogP contribution is 2.40. The summed E-state index contributed by atoms with van der Waals surface area (Å²) >= 11 is 0. The van der Waals surface area contributed by atoms with Gasteiger partial charge in [-0.25, -0.2) is 10.9 Å². The molecule has 1 aliphatic rings. The average Bonchev–Trinajstić information content (AvgIpc) is 2.65. The molecule has 0 aliphatic heterocycles. The maximum Gasteiger partial charge on any atom is 0.249 e. The lowest BCUT2D eigenvalue weighted by Gasteiger charge is -2.27. The number of pyridine rings is 1. The number of hydrogen-bond acceptors (Lipinski definition) is 4. The Morgan fingerprint density at radius 3 is 2.54 bits per heavy atom. The van der Waals surface area contributed by atoms with Crippen LogP contribution in [0.25, 0.3) is 10.9 Å². The summed E-state index contributed by atoms with van der Waals surface area (Å²) in [5, 5.41) is 1.69. The number of aryl methyl sites for hydroxylation is 1. The van der Waals surface area contributed by atoms with Crippen molar-refractivity contribution < 1.29 is 9.59 Å². The van der Waals surface area contributed by atoms with Gasteiger partial charge in [-0.1, -0.05) is 32.3 Å². The Balaban J connectivity index is 2.32. The van der Waals surface area contributed by atoms with Gasteiger partial charge in [-0.3, -0.25) is 14.6 Å². The summed E-state index contributed by atoms with van der Waals surface area (Å²) in [7, 11) is 0. The minimum Gasteiger partial charge on any atom is -0.366 e. The van der Waals surface area contributed by atoms with E-state index in [1.54, 1.807) is 19.1 Å². The Morgan fingerprint density at radius 1 is 1.23 bits per heavy atom. The van der Waals surface area contributed by atoms with Crippen LogP contribution in [0.2, 0.25) is 0 Å². The molecular formula is C20H26N4O2. The van der Waals surface area contributed by atoms with Crippen LogP contribution in [0.15, 0.2) is 18.2 Å². The second-order valence-corrected chi connectivity index (χ2v) is 6.97. The Kier molecular flexibility index (Phi) is 5.23. The number of anilines is 1. The molecule has 0 unspecified atom stereocenters. The molecule has 0 atom stereocenters. The monoisotopic (exact) mass is 354 g/mol. The smallest absolute Gasteiger partial charge is 0.249 e. The van der Waals surface area contributed by atoms with Crippen LogP contribution in [0.5, 0.6) is 0 Å². The van der Waals surface area contributed by atoms with Crippen molar-refractivity contribution in [2.75, 3.05) is 5.01 Å². The fourth-order valence-corrected chi connectivity index (χ4v) is 4.09. The Hall–Kier alpha value is -2.47. The standard InChI is InChI=1S/C20H26N4O2/c1-3-16(25)24(22)15-11-7-10-14-18(15)19(20(21)26)17(12(2)23-14)13-8-5-4-6-9-13/h7,10-11,13H,3-6,8-9,22H2,1-2H3,(H2,21,26). The van der Waals surface area contributed by atoms with E-state index in [2.05, 4.69) is 0 Å². The fraction of sp³-hybridized carbons (Fsp3) is 0.450. The number of rotatable bonds is 4. The number of fused-ring (bicyclic) bond motifs is 1. The molecule has 26 heavy (non-hydrogen) atoms. The van der Waals surface area contributed by atoms with Gasteiger partial charge in [0.2, 0.25) is 11.8 Å². The maximum absolute atomic E-state index is 12.5. The Labute approximate surface area is 153 Å². The second kappa shape index (κ2) is 7.41. The van der Waals surface area contributed by atoms with E-state index in [1.165, 1.54) is 6.42 Å². The van der Waals surface area contributed by atoms with Gasteiger partial charge in [0.05, 0.1) is 16.8 Å². The summed E-state index contributed by atoms with van der Waals surface area (Å²) in [5.41, 5.74) is 9.16. The van der Waals surface area contributed by atoms with Crippen LogP contribution >= 0.6 is 0 Å². The zero-order valence-corrected chi connectivity index (χ0v) is 15.4. The lowest BCUT2D eigenvalue weighted by molar-refractivity contribution is -0.118. The van der Waals surface area contributed by atoms with Gasteiger partial charge in [-0.15, -0.1) is 0 Å². The lowest BCUT2D eigenvalue weighted by Crippen LogP contribution is -2.37. The van der Waals surface area contributed by atoms with Crippen molar-refractivity contribution >= 4 is 28.4 Å². The highest BCUT2D eigenvalue weighted by atomic mass is 16.2. The number of carbonyl (C=O) groups is 2. The molecule has 3 rings (SSSR count). The molecule has 6 heteroatoms. The molecule has 0 saturated heterocycles. The van der Waals surface area contributed by atoms with Crippen molar-refractivity contribution in [2.24, 2.45) is 11.6 Å². The normalized spacial score (nSPS) is 15.2. The van der Waals surface area contributed by atoms with Crippen LogP contribution < -0.4 is 16.6 Å². The van der Waals surface area contributed by atoms with E-state index in [-0.39, 0.29) is 18.2 Å². The number of aromatic nitrogens is 1. The van der Waals surface area contributed by atoms with E-state index in [0.717, 1.165) is 41.9 Å². The van der Waals surface area contributed by atoms with Crippen molar-refractivity contribution in [2.45, 2.75) is 58.3 Å². The first-order chi connectivity index (χ1) is 12.5. The van der Waals surface area contributed by atoms with Crippen molar-refractivity contribution in [3.05, 3.63) is 35.0 Å². The van der Waals surface area contributed by atoms with Gasteiger partial charge in [0.25, 0.3) is 0 Å². The molecule has 1 aliphatic carbocycles. The highest BCUT2D eigenvalue weighted by molar-refractivity contribution is 6.13. The van der Waals surface area contributed by atoms with Gasteiger partial charge in [0.15, 0.2) is 0 Å². The van der Waals surface area contributed by atoms with E-state index < -0.39 is 5.91 Å². The van der Waals surface area contributed by atoms with E-state index >= 15 is 0 Å². The lowest BCUT2D eigenvalue weighted by atomic mass is 9.80. The third-order valence-corrected chi connectivity index (χ3v) is 5.31. The molecule has 0 radical (unpaired) electrons. The van der Waals surface area contributed by atoms with Crippen LogP contribution in [0.1, 0.15) is 73.0 Å². The minimum absolute atomic E-state index is 0.229. The van der Waals surface area contributed by atoms with Gasteiger partial charge in [-0.2, -0.15) is 0 Å². The molecule has 4 N–H and O–H groups in total. The van der Waals surface area contributed by atoms with Crippen molar-refractivity contribution in [3.8, 4) is 0 Å². The van der Waals surface area contributed by atoms with E-state index in [4.69, 9.17) is 16.6 Å². The quantitative estimate of drug-likeness (QED) is 0.499. The topological polar surface area (TPSA) is 102 Å². The second-order valence-electron chi connectivity index (χ2n) is 6.97. The summed E-state index contributed by atoms with van der Waals surface area (Å²) in [5.74, 6) is 5.60. The summed E-state index contributed by atoms with van der Waals surface area (Å²) in [6, 6.07) is 5.36. The summed E-state index contributed by atoms with van der Waals surface area (Å²) < 4.78 is 0. The molecule has 2 aromatic rings. The van der Waals surface area contributed by atoms with Crippen LogP contribution in [-0.2, 0) is 4.79 Å². The van der Waals surface area contributed by atoms with Crippen LogP contribution in [0.3, 0.4) is 0 Å². The SMILES string of the molecule is CCC(=O)N(N)c1cccc2nc(C)c(C3CCCCC3)c(C(N)=O)c12. The zero-order chi connectivity index (χ0) is 18.8. The molecule has 6 nitrogen and oxygen atoms in total. The number of nitrogens with two attached hydrogens (primary N) is 2. The molecule has 2 amide bonds. The number of nitrogens with zero attached hydrogens (tertiary/aromatic N) is 2. The summed E-state index contributed by atoms with van der Waals surface area (Å²) in [6.07, 6.45) is 5.81. The van der Waals surface area contributed by atoms with Gasteiger partial charge in [0.1, 0.15) is 0 Å². The molecule has 138 valence electrons. The predicted molar refractivity (Wildman–Crippen MR) is 103 cm³/mol. The summed E-state index contributed by atoms with van der Waals surface area (Å²) in [6.45, 7) is 3.68. The largest absolute Gasteiger partial charge is 0.366 e. The number of hydrazine groups is 1. The molecule has 1 heterocycles. The van der Waals surface area contributed by atoms with Gasteiger partial charge >= 0.3 is 0 Å². The van der Waals surface area contributed by atoms with Crippen LogP contribution in [-0.4, -0.2) is 16.8 Å². The van der Waals surface area contributed by atoms with Gasteiger partial charge in [0, 0.05) is 17.5 Å². The molecule has 1 aromatic carbocycles.